The van der Waals surface area contributed by atoms with Crippen LogP contribution in [0.1, 0.15) is 27.7 Å². The predicted octanol–water partition coefficient (Wildman–Crippen LogP) is 4.76. The van der Waals surface area contributed by atoms with Crippen LogP contribution in [0.25, 0.3) is 10.6 Å². The number of hydrogen-bond donors (Lipinski definition) is 0. The first-order valence-electron chi connectivity index (χ1n) is 6.99. The van der Waals surface area contributed by atoms with Crippen molar-refractivity contribution >= 4 is 34.0 Å². The minimum absolute atomic E-state index is 0.168. The van der Waals surface area contributed by atoms with Gasteiger partial charge in [0.2, 0.25) is 0 Å². The molecule has 0 N–H and O–H groups in total. The van der Waals surface area contributed by atoms with Crippen molar-refractivity contribution < 1.29 is 13.9 Å². The lowest BCUT2D eigenvalue weighted by atomic mass is 10.2. The van der Waals surface area contributed by atoms with Crippen molar-refractivity contribution in [3.63, 3.8) is 0 Å². The molecule has 2 heterocycles. The Bertz CT molecular complexity index is 715. The fourth-order valence-electron chi connectivity index (χ4n) is 1.78. The maximum atomic E-state index is 13.3. The minimum atomic E-state index is -0.614. The lowest BCUT2D eigenvalue weighted by Crippen LogP contribution is -2.36. The molecule has 0 bridgehead atoms. The average Bonchev–Trinajstić information content (AvgIpc) is 2.80. The van der Waals surface area contributed by atoms with Gasteiger partial charge in [0.15, 0.2) is 5.15 Å². The topological polar surface area (TPSA) is 55.3 Å². The SMILES string of the molecule is CCN(C(=O)OC(C)(C)C)c1sc(-c2cncc(F)c2)nc1Cl. The molecule has 0 aliphatic rings. The van der Waals surface area contributed by atoms with Crippen molar-refractivity contribution in [2.45, 2.75) is 33.3 Å². The Hall–Kier alpha value is -1.73. The van der Waals surface area contributed by atoms with Crippen LogP contribution >= 0.6 is 22.9 Å². The molecule has 0 aliphatic heterocycles. The number of aromatic nitrogens is 2. The summed E-state index contributed by atoms with van der Waals surface area (Å²) in [6, 6.07) is 1.32. The predicted molar refractivity (Wildman–Crippen MR) is 89.6 cm³/mol. The van der Waals surface area contributed by atoms with Crippen molar-refractivity contribution in [3.05, 3.63) is 29.4 Å². The highest BCUT2D eigenvalue weighted by molar-refractivity contribution is 7.19. The van der Waals surface area contributed by atoms with Gasteiger partial charge < -0.3 is 4.74 Å². The van der Waals surface area contributed by atoms with Crippen LogP contribution < -0.4 is 4.90 Å². The first-order valence-corrected chi connectivity index (χ1v) is 8.18. The number of nitrogens with zero attached hydrogens (tertiary/aromatic N) is 3. The van der Waals surface area contributed by atoms with E-state index in [2.05, 4.69) is 9.97 Å². The molecule has 8 heteroatoms. The summed E-state index contributed by atoms with van der Waals surface area (Å²) >= 11 is 7.34. The zero-order valence-corrected chi connectivity index (χ0v) is 14.8. The Kier molecular flexibility index (Phi) is 5.21. The molecule has 0 unspecified atom stereocenters. The van der Waals surface area contributed by atoms with E-state index in [1.54, 1.807) is 20.8 Å². The minimum Gasteiger partial charge on any atom is -0.443 e. The van der Waals surface area contributed by atoms with Crippen LogP contribution in [0.15, 0.2) is 18.5 Å². The number of pyridine rings is 1. The molecule has 0 radical (unpaired) electrons. The zero-order valence-electron chi connectivity index (χ0n) is 13.3. The third kappa shape index (κ3) is 4.39. The standard InChI is InChI=1S/C15H17ClFN3O2S/c1-5-20(14(21)22-15(2,3)4)13-11(16)19-12(23-13)9-6-10(17)8-18-7-9/h6-8H,5H2,1-4H3. The zero-order chi connectivity index (χ0) is 17.2. The van der Waals surface area contributed by atoms with E-state index in [1.165, 1.54) is 28.5 Å². The molecule has 2 rings (SSSR count). The summed E-state index contributed by atoms with van der Waals surface area (Å²) in [5, 5.41) is 1.11. The van der Waals surface area contributed by atoms with Gasteiger partial charge in [-0.2, -0.15) is 0 Å². The van der Waals surface area contributed by atoms with Crippen LogP contribution in [0.3, 0.4) is 0 Å². The summed E-state index contributed by atoms with van der Waals surface area (Å²) in [5.41, 5.74) is -0.111. The molecule has 0 saturated heterocycles. The Morgan fingerprint density at radius 3 is 2.70 bits per heavy atom. The molecule has 1 amide bonds. The molecule has 2 aromatic heterocycles. The second-order valence-corrected chi connectivity index (χ2v) is 7.07. The Balaban J connectivity index is 2.34. The number of rotatable bonds is 3. The molecule has 0 aliphatic carbocycles. The van der Waals surface area contributed by atoms with E-state index < -0.39 is 17.5 Å². The van der Waals surface area contributed by atoms with Crippen LogP contribution in [-0.2, 0) is 4.74 Å². The summed E-state index contributed by atoms with van der Waals surface area (Å²) in [5.74, 6) is -0.463. The van der Waals surface area contributed by atoms with Gasteiger partial charge in [0.25, 0.3) is 0 Å². The maximum Gasteiger partial charge on any atom is 0.415 e. The van der Waals surface area contributed by atoms with Gasteiger partial charge in [0.05, 0.1) is 6.20 Å². The summed E-state index contributed by atoms with van der Waals surface area (Å²) in [6.07, 6.45) is 2.10. The van der Waals surface area contributed by atoms with Gasteiger partial charge in [-0.25, -0.2) is 14.2 Å². The van der Waals surface area contributed by atoms with Crippen molar-refractivity contribution in [1.29, 1.82) is 0 Å². The first kappa shape index (κ1) is 17.6. The van der Waals surface area contributed by atoms with E-state index in [9.17, 15) is 9.18 Å². The molecular weight excluding hydrogens is 341 g/mol. The van der Waals surface area contributed by atoms with Crippen LogP contribution in [0.5, 0.6) is 0 Å². The summed E-state index contributed by atoms with van der Waals surface area (Å²) in [4.78, 5) is 21.7. The van der Waals surface area contributed by atoms with Gasteiger partial charge in [-0.05, 0) is 33.8 Å². The molecule has 0 atom stereocenters. The smallest absolute Gasteiger partial charge is 0.415 e. The number of halogens is 2. The van der Waals surface area contributed by atoms with Crippen LogP contribution in [-0.4, -0.2) is 28.2 Å². The van der Waals surface area contributed by atoms with E-state index in [1.807, 2.05) is 6.92 Å². The molecule has 23 heavy (non-hydrogen) atoms. The second kappa shape index (κ2) is 6.80. The van der Waals surface area contributed by atoms with Crippen molar-refractivity contribution in [1.82, 2.24) is 9.97 Å². The highest BCUT2D eigenvalue weighted by Crippen LogP contribution is 2.38. The highest BCUT2D eigenvalue weighted by Gasteiger charge is 2.26. The van der Waals surface area contributed by atoms with Gasteiger partial charge in [-0.3, -0.25) is 9.88 Å². The van der Waals surface area contributed by atoms with Gasteiger partial charge in [0, 0.05) is 18.3 Å². The quantitative estimate of drug-likeness (QED) is 0.794. The summed E-state index contributed by atoms with van der Waals surface area (Å²) in [7, 11) is 0. The van der Waals surface area contributed by atoms with Crippen LogP contribution in [0.4, 0.5) is 14.2 Å². The maximum absolute atomic E-state index is 13.3. The molecule has 2 aromatic rings. The molecule has 124 valence electrons. The van der Waals surface area contributed by atoms with Gasteiger partial charge >= 0.3 is 6.09 Å². The highest BCUT2D eigenvalue weighted by atomic mass is 35.5. The molecule has 0 aromatic carbocycles. The lowest BCUT2D eigenvalue weighted by Gasteiger charge is -2.25. The van der Waals surface area contributed by atoms with E-state index in [-0.39, 0.29) is 5.15 Å². The van der Waals surface area contributed by atoms with Crippen molar-refractivity contribution in [2.24, 2.45) is 0 Å². The van der Waals surface area contributed by atoms with Crippen LogP contribution in [0.2, 0.25) is 5.15 Å². The Morgan fingerprint density at radius 1 is 1.43 bits per heavy atom. The largest absolute Gasteiger partial charge is 0.443 e. The Morgan fingerprint density at radius 2 is 2.13 bits per heavy atom. The monoisotopic (exact) mass is 357 g/mol. The fourth-order valence-corrected chi connectivity index (χ4v) is 3.13. The molecule has 0 fully saturated rings. The number of amides is 1. The first-order chi connectivity index (χ1) is 10.7. The number of hydrogen-bond acceptors (Lipinski definition) is 5. The van der Waals surface area contributed by atoms with Gasteiger partial charge in [-0.15, -0.1) is 0 Å². The van der Waals surface area contributed by atoms with Crippen molar-refractivity contribution in [2.75, 3.05) is 11.4 Å². The summed E-state index contributed by atoms with van der Waals surface area (Å²) < 4.78 is 18.7. The molecule has 0 spiro atoms. The van der Waals surface area contributed by atoms with Gasteiger partial charge in [0.1, 0.15) is 21.4 Å². The van der Waals surface area contributed by atoms with E-state index in [4.69, 9.17) is 16.3 Å². The normalized spacial score (nSPS) is 11.4. The van der Waals surface area contributed by atoms with Crippen molar-refractivity contribution in [3.8, 4) is 10.6 Å². The fraction of sp³-hybridized carbons (Fsp3) is 0.400. The molecular formula is C15H17ClFN3O2S. The molecule has 5 nitrogen and oxygen atoms in total. The van der Waals surface area contributed by atoms with Gasteiger partial charge in [-0.1, -0.05) is 22.9 Å². The van der Waals surface area contributed by atoms with E-state index >= 15 is 0 Å². The molecule has 0 saturated carbocycles. The number of carbonyl (C=O) groups excluding carboxylic acids is 1. The number of carbonyl (C=O) groups is 1. The number of anilines is 1. The second-order valence-electron chi connectivity index (χ2n) is 5.73. The Labute approximate surface area is 143 Å². The number of ether oxygens (including phenoxy) is 1. The third-order valence-corrected chi connectivity index (χ3v) is 4.20. The lowest BCUT2D eigenvalue weighted by molar-refractivity contribution is 0.0583. The third-order valence-electron chi connectivity index (χ3n) is 2.70. The number of thiazole rings is 1. The van der Waals surface area contributed by atoms with Crippen LogP contribution in [0, 0.1) is 5.82 Å². The average molecular weight is 358 g/mol. The van der Waals surface area contributed by atoms with E-state index in [0.717, 1.165) is 6.20 Å². The van der Waals surface area contributed by atoms with E-state index in [0.29, 0.717) is 22.1 Å². The summed E-state index contributed by atoms with van der Waals surface area (Å²) in [6.45, 7) is 7.55.